The second-order valence-electron chi connectivity index (χ2n) is 8.81. The number of benzene rings is 2. The third-order valence-electron chi connectivity index (χ3n) is 5.91. The molecule has 10 heteroatoms. The highest BCUT2D eigenvalue weighted by atomic mass is 32.2. The number of amides is 1. The molecule has 0 aliphatic carbocycles. The number of aromatic nitrogens is 2. The van der Waals surface area contributed by atoms with E-state index in [4.69, 9.17) is 5.73 Å². The van der Waals surface area contributed by atoms with Gasteiger partial charge < -0.3 is 16.0 Å². The maximum atomic E-state index is 13.6. The standard InChI is InChI=1S/C25H30N6O3S/c1-17-14-18(2)24(19(3)15-17)35(33,34)31(16-22(26)32)21-8-6-20(7-9-21)28-23-10-11-27-25(29-23)30-12-4-5-13-30/h6-11,14-15H,4-5,12-13,16H2,1-3H3,(H2,26,32)(H,27,28,29). The highest BCUT2D eigenvalue weighted by molar-refractivity contribution is 7.93. The summed E-state index contributed by atoms with van der Waals surface area (Å²) >= 11 is 0. The molecule has 2 heterocycles. The molecule has 0 spiro atoms. The van der Waals surface area contributed by atoms with Crippen LogP contribution in [0.3, 0.4) is 0 Å². The lowest BCUT2D eigenvalue weighted by atomic mass is 10.1. The van der Waals surface area contributed by atoms with E-state index in [2.05, 4.69) is 20.2 Å². The van der Waals surface area contributed by atoms with Gasteiger partial charge in [-0.15, -0.1) is 0 Å². The van der Waals surface area contributed by atoms with E-state index >= 15 is 0 Å². The molecule has 3 N–H and O–H groups in total. The molecule has 0 saturated carbocycles. The summed E-state index contributed by atoms with van der Waals surface area (Å²) in [5, 5.41) is 3.23. The van der Waals surface area contributed by atoms with E-state index < -0.39 is 22.5 Å². The van der Waals surface area contributed by atoms with E-state index in [0.717, 1.165) is 41.5 Å². The van der Waals surface area contributed by atoms with Crippen molar-refractivity contribution in [3.05, 3.63) is 65.4 Å². The number of hydrogen-bond acceptors (Lipinski definition) is 7. The van der Waals surface area contributed by atoms with Gasteiger partial charge in [-0.25, -0.2) is 13.4 Å². The molecule has 9 nitrogen and oxygen atoms in total. The first-order chi connectivity index (χ1) is 16.6. The SMILES string of the molecule is Cc1cc(C)c(S(=O)(=O)N(CC(N)=O)c2ccc(Nc3ccnc(N4CCCC4)n3)cc2)c(C)c1. The minimum Gasteiger partial charge on any atom is -0.368 e. The maximum absolute atomic E-state index is 13.6. The van der Waals surface area contributed by atoms with Gasteiger partial charge in [-0.05, 0) is 75.1 Å². The third-order valence-corrected chi connectivity index (χ3v) is 7.99. The first-order valence-electron chi connectivity index (χ1n) is 11.5. The van der Waals surface area contributed by atoms with Crippen LogP contribution in [-0.2, 0) is 14.8 Å². The number of carbonyl (C=O) groups is 1. The van der Waals surface area contributed by atoms with Crippen LogP contribution in [0.2, 0.25) is 0 Å². The summed E-state index contributed by atoms with van der Waals surface area (Å²) in [4.78, 5) is 23.1. The Labute approximate surface area is 206 Å². The Bertz CT molecular complexity index is 1310. The zero-order chi connectivity index (χ0) is 25.2. The molecule has 2 aromatic carbocycles. The summed E-state index contributed by atoms with van der Waals surface area (Å²) in [7, 11) is -4.03. The molecule has 4 rings (SSSR count). The van der Waals surface area contributed by atoms with Gasteiger partial charge in [0, 0.05) is 25.0 Å². The van der Waals surface area contributed by atoms with Crippen molar-refractivity contribution in [2.75, 3.05) is 34.2 Å². The van der Waals surface area contributed by atoms with Crippen molar-refractivity contribution >= 4 is 39.1 Å². The predicted molar refractivity (Wildman–Crippen MR) is 138 cm³/mol. The molecule has 0 radical (unpaired) electrons. The number of carbonyl (C=O) groups excluding carboxylic acids is 1. The largest absolute Gasteiger partial charge is 0.368 e. The van der Waals surface area contributed by atoms with E-state index in [1.807, 2.05) is 19.1 Å². The zero-order valence-electron chi connectivity index (χ0n) is 20.2. The molecule has 184 valence electrons. The van der Waals surface area contributed by atoms with Crippen LogP contribution in [0.25, 0.3) is 0 Å². The lowest BCUT2D eigenvalue weighted by molar-refractivity contribution is -0.116. The maximum Gasteiger partial charge on any atom is 0.265 e. The minimum absolute atomic E-state index is 0.182. The molecular formula is C25H30N6O3S. The van der Waals surface area contributed by atoms with Gasteiger partial charge in [0.25, 0.3) is 10.0 Å². The number of rotatable bonds is 8. The number of nitrogens with zero attached hydrogens (tertiary/aromatic N) is 4. The van der Waals surface area contributed by atoms with Gasteiger partial charge >= 0.3 is 0 Å². The van der Waals surface area contributed by atoms with Crippen LogP contribution in [0.1, 0.15) is 29.5 Å². The lowest BCUT2D eigenvalue weighted by Crippen LogP contribution is -2.39. The van der Waals surface area contributed by atoms with Crippen LogP contribution in [0, 0.1) is 20.8 Å². The summed E-state index contributed by atoms with van der Waals surface area (Å²) in [6, 6.07) is 12.2. The Hall–Kier alpha value is -3.66. The van der Waals surface area contributed by atoms with Gasteiger partial charge in [-0.3, -0.25) is 9.10 Å². The zero-order valence-corrected chi connectivity index (χ0v) is 21.0. The molecule has 1 aromatic heterocycles. The minimum atomic E-state index is -4.03. The van der Waals surface area contributed by atoms with Crippen molar-refractivity contribution in [2.45, 2.75) is 38.5 Å². The number of nitrogens with two attached hydrogens (primary N) is 1. The Morgan fingerprint density at radius 1 is 1.06 bits per heavy atom. The smallest absolute Gasteiger partial charge is 0.265 e. The highest BCUT2D eigenvalue weighted by Gasteiger charge is 2.29. The van der Waals surface area contributed by atoms with Crippen molar-refractivity contribution in [3.63, 3.8) is 0 Å². The predicted octanol–water partition coefficient (Wildman–Crippen LogP) is 3.43. The number of anilines is 4. The fraction of sp³-hybridized carbons (Fsp3) is 0.320. The third kappa shape index (κ3) is 5.37. The van der Waals surface area contributed by atoms with Crippen molar-refractivity contribution in [2.24, 2.45) is 5.73 Å². The first-order valence-corrected chi connectivity index (χ1v) is 12.9. The van der Waals surface area contributed by atoms with Crippen LogP contribution in [0.15, 0.2) is 53.6 Å². The molecule has 0 unspecified atom stereocenters. The fourth-order valence-electron chi connectivity index (χ4n) is 4.49. The van der Waals surface area contributed by atoms with E-state index in [1.165, 1.54) is 0 Å². The van der Waals surface area contributed by atoms with E-state index in [9.17, 15) is 13.2 Å². The van der Waals surface area contributed by atoms with E-state index in [1.54, 1.807) is 50.4 Å². The van der Waals surface area contributed by atoms with Gasteiger partial charge in [0.15, 0.2) is 0 Å². The summed E-state index contributed by atoms with van der Waals surface area (Å²) in [6.45, 7) is 6.84. The highest BCUT2D eigenvalue weighted by Crippen LogP contribution is 2.30. The number of primary amides is 1. The normalized spacial score (nSPS) is 13.6. The van der Waals surface area contributed by atoms with Gasteiger partial charge in [0.1, 0.15) is 12.4 Å². The summed E-state index contributed by atoms with van der Waals surface area (Å²) in [5.74, 6) is 0.586. The molecule has 1 amide bonds. The molecular weight excluding hydrogens is 464 g/mol. The molecule has 1 saturated heterocycles. The number of nitrogens with one attached hydrogen (secondary N) is 1. The Kier molecular flexibility index (Phi) is 6.93. The number of sulfonamides is 1. The van der Waals surface area contributed by atoms with Gasteiger partial charge in [0.05, 0.1) is 10.6 Å². The monoisotopic (exact) mass is 494 g/mol. The summed E-state index contributed by atoms with van der Waals surface area (Å²) in [6.07, 6.45) is 3.98. The number of aryl methyl sites for hydroxylation is 3. The Morgan fingerprint density at radius 2 is 1.69 bits per heavy atom. The molecule has 1 fully saturated rings. The number of hydrogen-bond donors (Lipinski definition) is 2. The van der Waals surface area contributed by atoms with Crippen LogP contribution in [0.4, 0.5) is 23.1 Å². The quantitative estimate of drug-likeness (QED) is 0.492. The molecule has 1 aliphatic rings. The molecule has 35 heavy (non-hydrogen) atoms. The Morgan fingerprint density at radius 3 is 2.29 bits per heavy atom. The summed E-state index contributed by atoms with van der Waals surface area (Å²) < 4.78 is 28.3. The van der Waals surface area contributed by atoms with Gasteiger partial charge in [0.2, 0.25) is 11.9 Å². The molecule has 1 aliphatic heterocycles. The second kappa shape index (κ2) is 9.91. The van der Waals surface area contributed by atoms with Gasteiger partial charge in [-0.2, -0.15) is 4.98 Å². The van der Waals surface area contributed by atoms with Crippen molar-refractivity contribution in [1.82, 2.24) is 9.97 Å². The topological polar surface area (TPSA) is 122 Å². The van der Waals surface area contributed by atoms with E-state index in [-0.39, 0.29) is 4.90 Å². The molecule has 3 aromatic rings. The van der Waals surface area contributed by atoms with Crippen molar-refractivity contribution < 1.29 is 13.2 Å². The van der Waals surface area contributed by atoms with Crippen molar-refractivity contribution in [3.8, 4) is 0 Å². The van der Waals surface area contributed by atoms with E-state index in [0.29, 0.717) is 28.6 Å². The fourth-order valence-corrected chi connectivity index (χ4v) is 6.34. The van der Waals surface area contributed by atoms with Crippen LogP contribution in [0.5, 0.6) is 0 Å². The first kappa shape index (κ1) is 24.5. The average Bonchev–Trinajstić information content (AvgIpc) is 3.32. The lowest BCUT2D eigenvalue weighted by Gasteiger charge is -2.25. The Balaban J connectivity index is 1.61. The second-order valence-corrected chi connectivity index (χ2v) is 10.6. The van der Waals surface area contributed by atoms with Crippen LogP contribution >= 0.6 is 0 Å². The molecule has 0 atom stereocenters. The van der Waals surface area contributed by atoms with Crippen LogP contribution < -0.4 is 20.3 Å². The molecule has 0 bridgehead atoms. The van der Waals surface area contributed by atoms with Crippen molar-refractivity contribution in [1.29, 1.82) is 0 Å². The summed E-state index contributed by atoms with van der Waals surface area (Å²) in [5.41, 5.74) is 8.69. The van der Waals surface area contributed by atoms with Crippen LogP contribution in [-0.4, -0.2) is 43.9 Å². The average molecular weight is 495 g/mol. The van der Waals surface area contributed by atoms with Gasteiger partial charge in [-0.1, -0.05) is 17.7 Å².